The Bertz CT molecular complexity index is 1110. The molecule has 6 nitrogen and oxygen atoms in total. The number of esters is 1. The van der Waals surface area contributed by atoms with Crippen molar-refractivity contribution in [3.05, 3.63) is 89.5 Å². The fourth-order valence-corrected chi connectivity index (χ4v) is 3.69. The molecule has 0 aliphatic carbocycles. The highest BCUT2D eigenvalue weighted by atomic mass is 32.2. The van der Waals surface area contributed by atoms with Crippen LogP contribution in [-0.4, -0.2) is 30.1 Å². The molecule has 0 saturated heterocycles. The van der Waals surface area contributed by atoms with Crippen molar-refractivity contribution in [2.45, 2.75) is 18.7 Å². The first kappa shape index (κ1) is 23.1. The Morgan fingerprint density at radius 1 is 0.812 bits per heavy atom. The van der Waals surface area contributed by atoms with E-state index in [1.165, 1.54) is 11.8 Å². The van der Waals surface area contributed by atoms with Gasteiger partial charge in [0.1, 0.15) is 0 Å². The van der Waals surface area contributed by atoms with Crippen molar-refractivity contribution in [2.24, 2.45) is 0 Å². The number of ether oxygens (including phenoxy) is 1. The lowest BCUT2D eigenvalue weighted by molar-refractivity contribution is -0.119. The van der Waals surface area contributed by atoms with E-state index in [0.29, 0.717) is 21.8 Å². The van der Waals surface area contributed by atoms with Crippen LogP contribution in [-0.2, 0) is 14.3 Å². The molecule has 0 aromatic heterocycles. The highest BCUT2D eigenvalue weighted by molar-refractivity contribution is 8.00. The van der Waals surface area contributed by atoms with Crippen LogP contribution in [0.5, 0.6) is 0 Å². The van der Waals surface area contributed by atoms with Gasteiger partial charge in [0.2, 0.25) is 5.91 Å². The third-order valence-electron chi connectivity index (χ3n) is 4.55. The first-order chi connectivity index (χ1) is 15.4. The molecular weight excluding hydrogens is 424 g/mol. The second kappa shape index (κ2) is 11.2. The SMILES string of the molecule is Cc1ccc(NC(=O)CSc2ccccc2C(=O)OCC(=O)Nc2ccccc2C)cc1. The number of anilines is 2. The number of para-hydroxylation sites is 1. The van der Waals surface area contributed by atoms with E-state index in [-0.39, 0.29) is 11.7 Å². The van der Waals surface area contributed by atoms with E-state index in [2.05, 4.69) is 10.6 Å². The zero-order valence-corrected chi connectivity index (χ0v) is 18.7. The molecule has 0 bridgehead atoms. The Kier molecular flexibility index (Phi) is 8.05. The van der Waals surface area contributed by atoms with Crippen LogP contribution < -0.4 is 10.6 Å². The third kappa shape index (κ3) is 6.72. The largest absolute Gasteiger partial charge is 0.452 e. The fraction of sp³-hybridized carbons (Fsp3) is 0.160. The summed E-state index contributed by atoms with van der Waals surface area (Å²) in [4.78, 5) is 37.6. The average Bonchev–Trinajstić information content (AvgIpc) is 2.79. The van der Waals surface area contributed by atoms with Gasteiger partial charge >= 0.3 is 5.97 Å². The van der Waals surface area contributed by atoms with Crippen LogP contribution in [0.25, 0.3) is 0 Å². The quantitative estimate of drug-likeness (QED) is 0.381. The summed E-state index contributed by atoms with van der Waals surface area (Å²) >= 11 is 1.23. The van der Waals surface area contributed by atoms with Crippen LogP contribution in [0, 0.1) is 13.8 Å². The number of amides is 2. The zero-order chi connectivity index (χ0) is 22.9. The van der Waals surface area contributed by atoms with Gasteiger partial charge in [0.15, 0.2) is 6.61 Å². The number of rotatable bonds is 8. The second-order valence-electron chi connectivity index (χ2n) is 7.14. The van der Waals surface area contributed by atoms with Gasteiger partial charge < -0.3 is 15.4 Å². The van der Waals surface area contributed by atoms with Crippen LogP contribution in [0.15, 0.2) is 77.7 Å². The summed E-state index contributed by atoms with van der Waals surface area (Å²) < 4.78 is 5.19. The fourth-order valence-electron chi connectivity index (χ4n) is 2.85. The van der Waals surface area contributed by atoms with E-state index in [9.17, 15) is 14.4 Å². The normalized spacial score (nSPS) is 10.3. The van der Waals surface area contributed by atoms with Crippen molar-refractivity contribution in [2.75, 3.05) is 23.0 Å². The Balaban J connectivity index is 1.53. The predicted octanol–water partition coefficient (Wildman–Crippen LogP) is 4.83. The molecule has 0 radical (unpaired) electrons. The van der Waals surface area contributed by atoms with Crippen molar-refractivity contribution in [3.63, 3.8) is 0 Å². The standard InChI is InChI=1S/C25H24N2O4S/c1-17-11-13-19(14-12-17)26-24(29)16-32-22-10-6-4-8-20(22)25(30)31-15-23(28)27-21-9-5-3-7-18(21)2/h3-14H,15-16H2,1-2H3,(H,26,29)(H,27,28). The minimum absolute atomic E-state index is 0.131. The highest BCUT2D eigenvalue weighted by Crippen LogP contribution is 2.24. The van der Waals surface area contributed by atoms with E-state index < -0.39 is 18.5 Å². The Morgan fingerprint density at radius 2 is 1.50 bits per heavy atom. The number of aryl methyl sites for hydroxylation is 2. The Labute approximate surface area is 191 Å². The number of nitrogens with one attached hydrogen (secondary N) is 2. The topological polar surface area (TPSA) is 84.5 Å². The van der Waals surface area contributed by atoms with E-state index in [1.54, 1.807) is 30.3 Å². The summed E-state index contributed by atoms with van der Waals surface area (Å²) in [6, 6.07) is 21.7. The van der Waals surface area contributed by atoms with Gasteiger partial charge in [-0.2, -0.15) is 0 Å². The minimum atomic E-state index is -0.619. The summed E-state index contributed by atoms with van der Waals surface area (Å²) in [5.74, 6) is -1.09. The molecular formula is C25H24N2O4S. The van der Waals surface area contributed by atoms with Crippen LogP contribution in [0.3, 0.4) is 0 Å². The van der Waals surface area contributed by atoms with E-state index in [4.69, 9.17) is 4.74 Å². The van der Waals surface area contributed by atoms with E-state index in [1.807, 2.05) is 56.3 Å². The van der Waals surface area contributed by atoms with Crippen molar-refractivity contribution in [1.29, 1.82) is 0 Å². The van der Waals surface area contributed by atoms with Crippen molar-refractivity contribution in [3.8, 4) is 0 Å². The molecule has 164 valence electrons. The monoisotopic (exact) mass is 448 g/mol. The molecule has 0 fully saturated rings. The number of hydrogen-bond acceptors (Lipinski definition) is 5. The first-order valence-corrected chi connectivity index (χ1v) is 11.0. The predicted molar refractivity (Wildman–Crippen MR) is 127 cm³/mol. The maximum Gasteiger partial charge on any atom is 0.339 e. The maximum atomic E-state index is 12.5. The molecule has 0 spiro atoms. The number of thioether (sulfide) groups is 1. The molecule has 2 N–H and O–H groups in total. The summed E-state index contributed by atoms with van der Waals surface area (Å²) in [7, 11) is 0. The van der Waals surface area contributed by atoms with Gasteiger partial charge in [0.05, 0.1) is 11.3 Å². The van der Waals surface area contributed by atoms with Gasteiger partial charge in [-0.3, -0.25) is 9.59 Å². The molecule has 0 saturated carbocycles. The van der Waals surface area contributed by atoms with Crippen LogP contribution >= 0.6 is 11.8 Å². The lowest BCUT2D eigenvalue weighted by Crippen LogP contribution is -2.21. The molecule has 2 amide bonds. The second-order valence-corrected chi connectivity index (χ2v) is 8.16. The van der Waals surface area contributed by atoms with E-state index >= 15 is 0 Å². The van der Waals surface area contributed by atoms with Gasteiger partial charge in [-0.25, -0.2) is 4.79 Å². The molecule has 3 aromatic rings. The third-order valence-corrected chi connectivity index (χ3v) is 5.63. The molecule has 0 heterocycles. The Hall–Kier alpha value is -3.58. The van der Waals surface area contributed by atoms with Gasteiger partial charge in [0, 0.05) is 16.3 Å². The minimum Gasteiger partial charge on any atom is -0.452 e. The smallest absolute Gasteiger partial charge is 0.339 e. The average molecular weight is 449 g/mol. The van der Waals surface area contributed by atoms with Crippen LogP contribution in [0.1, 0.15) is 21.5 Å². The van der Waals surface area contributed by atoms with Crippen molar-refractivity contribution < 1.29 is 19.1 Å². The lowest BCUT2D eigenvalue weighted by Gasteiger charge is -2.11. The highest BCUT2D eigenvalue weighted by Gasteiger charge is 2.16. The van der Waals surface area contributed by atoms with Crippen molar-refractivity contribution in [1.82, 2.24) is 0 Å². The number of hydrogen-bond donors (Lipinski definition) is 2. The molecule has 0 atom stereocenters. The molecule has 32 heavy (non-hydrogen) atoms. The molecule has 3 rings (SSSR count). The first-order valence-electron chi connectivity index (χ1n) is 10.0. The van der Waals surface area contributed by atoms with Crippen molar-refractivity contribution >= 4 is 40.9 Å². The lowest BCUT2D eigenvalue weighted by atomic mass is 10.2. The molecule has 0 unspecified atom stereocenters. The van der Waals surface area contributed by atoms with Crippen LogP contribution in [0.4, 0.5) is 11.4 Å². The summed E-state index contributed by atoms with van der Waals surface area (Å²) in [6.07, 6.45) is 0. The molecule has 0 aliphatic rings. The van der Waals surface area contributed by atoms with Gasteiger partial charge in [-0.05, 0) is 49.7 Å². The number of benzene rings is 3. The van der Waals surface area contributed by atoms with Crippen LogP contribution in [0.2, 0.25) is 0 Å². The molecule has 7 heteroatoms. The maximum absolute atomic E-state index is 12.5. The van der Waals surface area contributed by atoms with Gasteiger partial charge in [-0.1, -0.05) is 48.0 Å². The molecule has 0 aliphatic heterocycles. The summed E-state index contributed by atoms with van der Waals surface area (Å²) in [5, 5.41) is 5.55. The number of carbonyl (C=O) groups excluding carboxylic acids is 3. The molecule has 3 aromatic carbocycles. The summed E-state index contributed by atoms with van der Waals surface area (Å²) in [6.45, 7) is 3.45. The van der Waals surface area contributed by atoms with E-state index in [0.717, 1.165) is 11.1 Å². The summed E-state index contributed by atoms with van der Waals surface area (Å²) in [5.41, 5.74) is 3.72. The Morgan fingerprint density at radius 3 is 2.25 bits per heavy atom. The number of carbonyl (C=O) groups is 3. The van der Waals surface area contributed by atoms with Gasteiger partial charge in [0.25, 0.3) is 5.91 Å². The van der Waals surface area contributed by atoms with Gasteiger partial charge in [-0.15, -0.1) is 11.8 Å². The zero-order valence-electron chi connectivity index (χ0n) is 17.9.